The Hall–Kier alpha value is -2.13. The highest BCUT2D eigenvalue weighted by molar-refractivity contribution is 8.00. The summed E-state index contributed by atoms with van der Waals surface area (Å²) >= 11 is 1.33. The molecule has 0 aliphatic rings. The number of aliphatic carboxylic acids is 1. The summed E-state index contributed by atoms with van der Waals surface area (Å²) in [5.41, 5.74) is 0. The van der Waals surface area contributed by atoms with Crippen LogP contribution in [0.5, 0.6) is 5.75 Å². The predicted molar refractivity (Wildman–Crippen MR) is 81.4 cm³/mol. The van der Waals surface area contributed by atoms with Crippen LogP contribution in [0.4, 0.5) is 0 Å². The Kier molecular flexibility index (Phi) is 7.19. The van der Waals surface area contributed by atoms with Gasteiger partial charge in [0.25, 0.3) is 0 Å². The molecule has 0 atom stereocenters. The number of thioether (sulfide) groups is 1. The number of carboxylic acids is 1. The van der Waals surface area contributed by atoms with E-state index in [-0.39, 0.29) is 24.7 Å². The molecule has 0 aromatic heterocycles. The SMILES string of the molecule is C#CCN(CC(=O)O)C(=O)CSc1ccc(OCC)cc1. The molecule has 0 aliphatic heterocycles. The molecule has 1 aromatic rings. The summed E-state index contributed by atoms with van der Waals surface area (Å²) in [6.45, 7) is 2.12. The molecule has 1 rings (SSSR count). The van der Waals surface area contributed by atoms with Gasteiger partial charge in [0.1, 0.15) is 12.3 Å². The summed E-state index contributed by atoms with van der Waals surface area (Å²) in [5.74, 6) is 1.83. The Morgan fingerprint density at radius 2 is 2.05 bits per heavy atom. The molecule has 0 saturated heterocycles. The summed E-state index contributed by atoms with van der Waals surface area (Å²) < 4.78 is 5.33. The van der Waals surface area contributed by atoms with Crippen LogP contribution in [0.3, 0.4) is 0 Å². The Morgan fingerprint density at radius 1 is 1.38 bits per heavy atom. The van der Waals surface area contributed by atoms with E-state index >= 15 is 0 Å². The Morgan fingerprint density at radius 3 is 2.57 bits per heavy atom. The molecule has 1 aromatic carbocycles. The van der Waals surface area contributed by atoms with E-state index in [1.807, 2.05) is 31.2 Å². The molecule has 1 amide bonds. The molecule has 21 heavy (non-hydrogen) atoms. The van der Waals surface area contributed by atoms with Crippen molar-refractivity contribution >= 4 is 23.6 Å². The Bertz CT molecular complexity index is 521. The fourth-order valence-electron chi connectivity index (χ4n) is 1.54. The molecular weight excluding hydrogens is 290 g/mol. The molecule has 0 radical (unpaired) electrons. The van der Waals surface area contributed by atoms with Gasteiger partial charge in [-0.2, -0.15) is 0 Å². The van der Waals surface area contributed by atoms with E-state index in [1.165, 1.54) is 11.8 Å². The molecule has 0 spiro atoms. The zero-order chi connectivity index (χ0) is 15.7. The molecule has 6 heteroatoms. The highest BCUT2D eigenvalue weighted by atomic mass is 32.2. The number of terminal acetylenes is 1. The molecule has 0 aliphatic carbocycles. The van der Waals surface area contributed by atoms with Gasteiger partial charge in [-0.05, 0) is 31.2 Å². The fourth-order valence-corrected chi connectivity index (χ4v) is 2.34. The second-order valence-electron chi connectivity index (χ2n) is 4.04. The smallest absolute Gasteiger partial charge is 0.323 e. The maximum Gasteiger partial charge on any atom is 0.323 e. The van der Waals surface area contributed by atoms with E-state index in [0.717, 1.165) is 15.5 Å². The van der Waals surface area contributed by atoms with E-state index in [1.54, 1.807) is 0 Å². The van der Waals surface area contributed by atoms with Gasteiger partial charge >= 0.3 is 5.97 Å². The van der Waals surface area contributed by atoms with Crippen LogP contribution >= 0.6 is 11.8 Å². The van der Waals surface area contributed by atoms with Crippen LogP contribution in [-0.2, 0) is 9.59 Å². The second kappa shape index (κ2) is 8.93. The lowest BCUT2D eigenvalue weighted by Gasteiger charge is -2.17. The molecule has 0 heterocycles. The molecule has 5 nitrogen and oxygen atoms in total. The summed E-state index contributed by atoms with van der Waals surface area (Å²) in [5, 5.41) is 8.74. The van der Waals surface area contributed by atoms with Crippen LogP contribution in [0.25, 0.3) is 0 Å². The number of benzene rings is 1. The van der Waals surface area contributed by atoms with Crippen LogP contribution in [0.2, 0.25) is 0 Å². The summed E-state index contributed by atoms with van der Waals surface area (Å²) in [7, 11) is 0. The lowest BCUT2D eigenvalue weighted by molar-refractivity contribution is -0.143. The van der Waals surface area contributed by atoms with Gasteiger partial charge in [-0.25, -0.2) is 0 Å². The first-order valence-corrected chi connectivity index (χ1v) is 7.34. The minimum absolute atomic E-state index is 0.00499. The van der Waals surface area contributed by atoms with Gasteiger partial charge in [-0.1, -0.05) is 5.92 Å². The third-order valence-corrected chi connectivity index (χ3v) is 3.45. The number of hydrogen-bond donors (Lipinski definition) is 1. The number of rotatable bonds is 8. The Balaban J connectivity index is 2.54. The lowest BCUT2D eigenvalue weighted by Crippen LogP contribution is -2.37. The highest BCUT2D eigenvalue weighted by Gasteiger charge is 2.15. The average Bonchev–Trinajstić information content (AvgIpc) is 2.45. The first-order chi connectivity index (χ1) is 10.1. The van der Waals surface area contributed by atoms with Crippen LogP contribution in [0, 0.1) is 12.3 Å². The van der Waals surface area contributed by atoms with Crippen LogP contribution in [0.1, 0.15) is 6.92 Å². The number of carbonyl (C=O) groups is 2. The fraction of sp³-hybridized carbons (Fsp3) is 0.333. The third kappa shape index (κ3) is 6.23. The number of carboxylic acid groups (broad SMARTS) is 1. The first kappa shape index (κ1) is 16.9. The van der Waals surface area contributed by atoms with Crippen molar-refractivity contribution in [3.63, 3.8) is 0 Å². The van der Waals surface area contributed by atoms with Gasteiger partial charge in [-0.3, -0.25) is 9.59 Å². The number of nitrogens with zero attached hydrogens (tertiary/aromatic N) is 1. The largest absolute Gasteiger partial charge is 0.494 e. The summed E-state index contributed by atoms with van der Waals surface area (Å²) in [6.07, 6.45) is 5.14. The van der Waals surface area contributed by atoms with Crippen LogP contribution in [-0.4, -0.2) is 47.3 Å². The van der Waals surface area contributed by atoms with E-state index in [9.17, 15) is 9.59 Å². The molecule has 0 saturated carbocycles. The zero-order valence-electron chi connectivity index (χ0n) is 11.7. The van der Waals surface area contributed by atoms with Gasteiger partial charge in [0, 0.05) is 4.90 Å². The van der Waals surface area contributed by atoms with E-state index in [0.29, 0.717) is 6.61 Å². The predicted octanol–water partition coefficient (Wildman–Crippen LogP) is 1.72. The van der Waals surface area contributed by atoms with Gasteiger partial charge < -0.3 is 14.7 Å². The minimum atomic E-state index is -1.08. The summed E-state index contributed by atoms with van der Waals surface area (Å²) in [6, 6.07) is 7.36. The standard InChI is InChI=1S/C15H17NO4S/c1-3-9-16(10-15(18)19)14(17)11-21-13-7-5-12(6-8-13)20-4-2/h1,5-8H,4,9-11H2,2H3,(H,18,19). The first-order valence-electron chi connectivity index (χ1n) is 6.35. The molecule has 0 unspecified atom stereocenters. The van der Waals surface area contributed by atoms with Gasteiger partial charge in [0.15, 0.2) is 0 Å². The van der Waals surface area contributed by atoms with Gasteiger partial charge in [0.05, 0.1) is 18.9 Å². The molecule has 112 valence electrons. The topological polar surface area (TPSA) is 66.8 Å². The van der Waals surface area contributed by atoms with Crippen molar-refractivity contribution in [2.75, 3.05) is 25.4 Å². The van der Waals surface area contributed by atoms with Crippen molar-refractivity contribution in [3.05, 3.63) is 24.3 Å². The second-order valence-corrected chi connectivity index (χ2v) is 5.09. The quantitative estimate of drug-likeness (QED) is 0.585. The normalized spacial score (nSPS) is 9.71. The molecule has 0 fully saturated rings. The van der Waals surface area contributed by atoms with Crippen LogP contribution < -0.4 is 4.74 Å². The number of hydrogen-bond acceptors (Lipinski definition) is 4. The van der Waals surface area contributed by atoms with E-state index < -0.39 is 5.97 Å². The van der Waals surface area contributed by atoms with Crippen molar-refractivity contribution in [2.45, 2.75) is 11.8 Å². The number of ether oxygens (including phenoxy) is 1. The van der Waals surface area contributed by atoms with Gasteiger partial charge in [-0.15, -0.1) is 18.2 Å². The molecule has 0 bridgehead atoms. The lowest BCUT2D eigenvalue weighted by atomic mass is 10.3. The Labute approximate surface area is 128 Å². The van der Waals surface area contributed by atoms with Crippen molar-refractivity contribution in [1.29, 1.82) is 0 Å². The molecule has 1 N–H and O–H groups in total. The third-order valence-electron chi connectivity index (χ3n) is 2.46. The summed E-state index contributed by atoms with van der Waals surface area (Å²) in [4.78, 5) is 24.7. The van der Waals surface area contributed by atoms with E-state index in [4.69, 9.17) is 16.3 Å². The van der Waals surface area contributed by atoms with Crippen molar-refractivity contribution in [1.82, 2.24) is 4.90 Å². The van der Waals surface area contributed by atoms with Crippen molar-refractivity contribution < 1.29 is 19.4 Å². The zero-order valence-corrected chi connectivity index (χ0v) is 12.6. The number of carbonyl (C=O) groups excluding carboxylic acids is 1. The number of amides is 1. The van der Waals surface area contributed by atoms with Crippen molar-refractivity contribution in [2.24, 2.45) is 0 Å². The van der Waals surface area contributed by atoms with Crippen LogP contribution in [0.15, 0.2) is 29.2 Å². The minimum Gasteiger partial charge on any atom is -0.494 e. The highest BCUT2D eigenvalue weighted by Crippen LogP contribution is 2.21. The maximum atomic E-state index is 11.9. The maximum absolute atomic E-state index is 11.9. The van der Waals surface area contributed by atoms with Crippen molar-refractivity contribution in [3.8, 4) is 18.1 Å². The van der Waals surface area contributed by atoms with E-state index in [2.05, 4.69) is 5.92 Å². The van der Waals surface area contributed by atoms with Gasteiger partial charge in [0.2, 0.25) is 5.91 Å². The average molecular weight is 307 g/mol. The molecular formula is C15H17NO4S. The monoisotopic (exact) mass is 307 g/mol.